The van der Waals surface area contributed by atoms with Crippen LogP contribution in [0.15, 0.2) is 72.8 Å². The van der Waals surface area contributed by atoms with E-state index in [9.17, 15) is 22.8 Å². The molecule has 8 heteroatoms. The SMILES string of the molecule is O=C(O)c1ccc(C2(NC(=O)c3cccc4cc(Cc5ccc(C(F)(F)F)cc5)[nH]c34)CC2)cc1. The largest absolute Gasteiger partial charge is 0.478 e. The Morgan fingerprint density at radius 2 is 1.66 bits per heavy atom. The summed E-state index contributed by atoms with van der Waals surface area (Å²) in [5.41, 5.74) is 2.46. The molecule has 1 amide bonds. The molecule has 35 heavy (non-hydrogen) atoms. The summed E-state index contributed by atoms with van der Waals surface area (Å²) in [5, 5.41) is 13.0. The molecule has 0 radical (unpaired) electrons. The minimum Gasteiger partial charge on any atom is -0.478 e. The highest BCUT2D eigenvalue weighted by Crippen LogP contribution is 2.46. The molecule has 0 bridgehead atoms. The van der Waals surface area contributed by atoms with Crippen LogP contribution in [0.25, 0.3) is 10.9 Å². The van der Waals surface area contributed by atoms with Crippen LogP contribution < -0.4 is 5.32 Å². The van der Waals surface area contributed by atoms with Gasteiger partial charge in [0.25, 0.3) is 5.91 Å². The number of nitrogens with one attached hydrogen (secondary N) is 2. The maximum absolute atomic E-state index is 13.2. The van der Waals surface area contributed by atoms with Crippen molar-refractivity contribution in [3.63, 3.8) is 0 Å². The van der Waals surface area contributed by atoms with Gasteiger partial charge in [-0.25, -0.2) is 4.79 Å². The fraction of sp³-hybridized carbons (Fsp3) is 0.185. The summed E-state index contributed by atoms with van der Waals surface area (Å²) >= 11 is 0. The van der Waals surface area contributed by atoms with Gasteiger partial charge in [-0.3, -0.25) is 4.79 Å². The molecule has 0 saturated heterocycles. The van der Waals surface area contributed by atoms with Crippen molar-refractivity contribution in [1.82, 2.24) is 10.3 Å². The molecule has 0 unspecified atom stereocenters. The molecule has 1 aromatic heterocycles. The van der Waals surface area contributed by atoms with Gasteiger partial charge in [0.2, 0.25) is 0 Å². The summed E-state index contributed by atoms with van der Waals surface area (Å²) < 4.78 is 38.5. The van der Waals surface area contributed by atoms with Crippen LogP contribution in [0.5, 0.6) is 0 Å². The molecular weight excluding hydrogens is 457 g/mol. The van der Waals surface area contributed by atoms with E-state index in [-0.39, 0.29) is 11.5 Å². The van der Waals surface area contributed by atoms with Gasteiger partial charge in [0.05, 0.1) is 27.7 Å². The van der Waals surface area contributed by atoms with Gasteiger partial charge in [-0.1, -0.05) is 36.4 Å². The van der Waals surface area contributed by atoms with Crippen molar-refractivity contribution in [2.75, 3.05) is 0 Å². The van der Waals surface area contributed by atoms with Crippen LogP contribution in [0.2, 0.25) is 0 Å². The monoisotopic (exact) mass is 478 g/mol. The zero-order valence-corrected chi connectivity index (χ0v) is 18.4. The molecule has 3 N–H and O–H groups in total. The number of aromatic nitrogens is 1. The normalized spacial score (nSPS) is 14.6. The van der Waals surface area contributed by atoms with E-state index in [1.807, 2.05) is 12.1 Å². The van der Waals surface area contributed by atoms with Crippen molar-refractivity contribution in [3.8, 4) is 0 Å². The van der Waals surface area contributed by atoms with Gasteiger partial charge in [0, 0.05) is 17.5 Å². The lowest BCUT2D eigenvalue weighted by molar-refractivity contribution is -0.137. The third kappa shape index (κ3) is 4.51. The average molecular weight is 478 g/mol. The lowest BCUT2D eigenvalue weighted by Crippen LogP contribution is -2.35. The number of alkyl halides is 3. The van der Waals surface area contributed by atoms with E-state index < -0.39 is 23.2 Å². The number of carbonyl (C=O) groups is 2. The van der Waals surface area contributed by atoms with E-state index in [2.05, 4.69) is 10.3 Å². The van der Waals surface area contributed by atoms with E-state index in [0.717, 1.165) is 47.2 Å². The number of fused-ring (bicyclic) bond motifs is 1. The van der Waals surface area contributed by atoms with Crippen LogP contribution in [0.3, 0.4) is 0 Å². The Balaban J connectivity index is 1.36. The van der Waals surface area contributed by atoms with Gasteiger partial charge in [-0.05, 0) is 60.4 Å². The molecule has 178 valence electrons. The van der Waals surface area contributed by atoms with Gasteiger partial charge < -0.3 is 15.4 Å². The molecule has 0 aliphatic heterocycles. The average Bonchev–Trinajstić information content (AvgIpc) is 3.48. The molecule has 3 aromatic carbocycles. The number of rotatable bonds is 6. The Morgan fingerprint density at radius 3 is 2.26 bits per heavy atom. The summed E-state index contributed by atoms with van der Waals surface area (Å²) in [4.78, 5) is 27.6. The first-order valence-corrected chi connectivity index (χ1v) is 11.1. The van der Waals surface area contributed by atoms with Crippen molar-refractivity contribution in [3.05, 3.63) is 106 Å². The third-order valence-electron chi connectivity index (χ3n) is 6.42. The number of H-pyrrole nitrogens is 1. The molecule has 1 aliphatic carbocycles. The maximum atomic E-state index is 13.2. The molecule has 1 aliphatic rings. The number of para-hydroxylation sites is 1. The zero-order valence-electron chi connectivity index (χ0n) is 18.4. The standard InChI is InChI=1S/C27H21F3N2O3/c28-27(29,30)20-8-4-16(5-9-20)14-21-15-18-2-1-3-22(23(18)31-21)24(33)32-26(12-13-26)19-10-6-17(7-11-19)25(34)35/h1-11,15,31H,12-14H2,(H,32,33)(H,34,35). The molecule has 5 nitrogen and oxygen atoms in total. The number of carboxylic acid groups (broad SMARTS) is 1. The predicted molar refractivity (Wildman–Crippen MR) is 124 cm³/mol. The van der Waals surface area contributed by atoms with E-state index in [1.165, 1.54) is 24.3 Å². The zero-order chi connectivity index (χ0) is 24.8. The number of hydrogen-bond donors (Lipinski definition) is 3. The first-order valence-electron chi connectivity index (χ1n) is 11.1. The van der Waals surface area contributed by atoms with Crippen LogP contribution in [-0.2, 0) is 18.1 Å². The highest BCUT2D eigenvalue weighted by Gasteiger charge is 2.46. The lowest BCUT2D eigenvalue weighted by atomic mass is 10.0. The Labute approximate surface area is 198 Å². The summed E-state index contributed by atoms with van der Waals surface area (Å²) in [7, 11) is 0. The minimum atomic E-state index is -4.38. The Hall–Kier alpha value is -4.07. The Bertz CT molecular complexity index is 1420. The quantitative estimate of drug-likeness (QED) is 0.323. The number of carboxylic acids is 1. The second kappa shape index (κ2) is 8.30. The van der Waals surface area contributed by atoms with Crippen LogP contribution in [0, 0.1) is 0 Å². The topological polar surface area (TPSA) is 82.2 Å². The van der Waals surface area contributed by atoms with Crippen molar-refractivity contribution in [1.29, 1.82) is 0 Å². The van der Waals surface area contributed by atoms with Crippen LogP contribution >= 0.6 is 0 Å². The predicted octanol–water partition coefficient (Wildman–Crippen LogP) is 5.89. The Kier molecular flexibility index (Phi) is 5.39. The first-order chi connectivity index (χ1) is 16.6. The lowest BCUT2D eigenvalue weighted by Gasteiger charge is -2.18. The summed E-state index contributed by atoms with van der Waals surface area (Å²) in [6.07, 6.45) is -2.47. The van der Waals surface area contributed by atoms with Gasteiger partial charge in [-0.2, -0.15) is 13.2 Å². The molecule has 1 fully saturated rings. The van der Waals surface area contributed by atoms with Gasteiger partial charge in [-0.15, -0.1) is 0 Å². The fourth-order valence-corrected chi connectivity index (χ4v) is 4.36. The fourth-order valence-electron chi connectivity index (χ4n) is 4.36. The van der Waals surface area contributed by atoms with Crippen LogP contribution in [0.4, 0.5) is 13.2 Å². The number of halogens is 3. The number of aromatic amines is 1. The highest BCUT2D eigenvalue weighted by atomic mass is 19.4. The van der Waals surface area contributed by atoms with Gasteiger partial charge in [0.1, 0.15) is 0 Å². The van der Waals surface area contributed by atoms with Crippen molar-refractivity contribution in [2.24, 2.45) is 0 Å². The van der Waals surface area contributed by atoms with Crippen molar-refractivity contribution < 1.29 is 27.9 Å². The number of carbonyl (C=O) groups excluding carboxylic acids is 1. The maximum Gasteiger partial charge on any atom is 0.416 e. The minimum absolute atomic E-state index is 0.188. The molecule has 5 rings (SSSR count). The summed E-state index contributed by atoms with van der Waals surface area (Å²) in [6, 6.07) is 18.8. The molecule has 1 heterocycles. The van der Waals surface area contributed by atoms with E-state index >= 15 is 0 Å². The third-order valence-corrected chi connectivity index (χ3v) is 6.42. The van der Waals surface area contributed by atoms with E-state index in [0.29, 0.717) is 17.5 Å². The Morgan fingerprint density at radius 1 is 0.971 bits per heavy atom. The second-order valence-electron chi connectivity index (χ2n) is 8.85. The van der Waals surface area contributed by atoms with Crippen molar-refractivity contribution >= 4 is 22.8 Å². The number of hydrogen-bond acceptors (Lipinski definition) is 2. The molecule has 4 aromatic rings. The number of aromatic carboxylic acids is 1. The summed E-state index contributed by atoms with van der Waals surface area (Å²) in [5.74, 6) is -1.26. The van der Waals surface area contributed by atoms with E-state index in [1.54, 1.807) is 24.3 Å². The van der Waals surface area contributed by atoms with Gasteiger partial charge >= 0.3 is 12.1 Å². The number of amides is 1. The second-order valence-corrected chi connectivity index (χ2v) is 8.85. The van der Waals surface area contributed by atoms with Crippen LogP contribution in [-0.4, -0.2) is 22.0 Å². The molecule has 0 atom stereocenters. The smallest absolute Gasteiger partial charge is 0.416 e. The van der Waals surface area contributed by atoms with Crippen LogP contribution in [0.1, 0.15) is 55.9 Å². The molecule has 0 spiro atoms. The summed E-state index contributed by atoms with van der Waals surface area (Å²) in [6.45, 7) is 0. The van der Waals surface area contributed by atoms with E-state index in [4.69, 9.17) is 5.11 Å². The number of benzene rings is 3. The highest BCUT2D eigenvalue weighted by molar-refractivity contribution is 6.06. The van der Waals surface area contributed by atoms with Gasteiger partial charge in [0.15, 0.2) is 0 Å². The van der Waals surface area contributed by atoms with Crippen molar-refractivity contribution in [2.45, 2.75) is 31.0 Å². The first kappa shape index (κ1) is 22.7. The molecular formula is C27H21F3N2O3. The molecule has 1 saturated carbocycles.